The second-order valence-corrected chi connectivity index (χ2v) is 4.84. The van der Waals surface area contributed by atoms with Gasteiger partial charge in [0.2, 0.25) is 0 Å². The van der Waals surface area contributed by atoms with E-state index in [2.05, 4.69) is 9.88 Å². The summed E-state index contributed by atoms with van der Waals surface area (Å²) in [5.74, 6) is -0.403. The standard InChI is InChI=1S/C13H19N3O2/c14-8-11-2-4-15-9-12(11)16-5-1-3-13(10-16)17-6-7-18-13/h2,4,9H,1,3,5-8,10,14H2. The molecular formula is C13H19N3O2. The molecule has 18 heavy (non-hydrogen) atoms. The number of hydrogen-bond acceptors (Lipinski definition) is 5. The first-order valence-electron chi connectivity index (χ1n) is 6.49. The van der Waals surface area contributed by atoms with E-state index < -0.39 is 5.79 Å². The fourth-order valence-electron chi connectivity index (χ4n) is 2.80. The summed E-state index contributed by atoms with van der Waals surface area (Å²) in [7, 11) is 0. The third kappa shape index (κ3) is 2.09. The van der Waals surface area contributed by atoms with Crippen molar-refractivity contribution in [3.8, 4) is 0 Å². The summed E-state index contributed by atoms with van der Waals surface area (Å²) in [5.41, 5.74) is 8.02. The maximum atomic E-state index is 5.79. The maximum Gasteiger partial charge on any atom is 0.186 e. The van der Waals surface area contributed by atoms with Gasteiger partial charge in [0.05, 0.1) is 31.6 Å². The van der Waals surface area contributed by atoms with Crippen molar-refractivity contribution in [2.75, 3.05) is 31.2 Å². The summed E-state index contributed by atoms with van der Waals surface area (Å²) >= 11 is 0. The molecule has 1 spiro atoms. The van der Waals surface area contributed by atoms with Crippen molar-refractivity contribution in [1.29, 1.82) is 0 Å². The van der Waals surface area contributed by atoms with Crippen LogP contribution in [0.25, 0.3) is 0 Å². The van der Waals surface area contributed by atoms with E-state index in [1.165, 1.54) is 0 Å². The van der Waals surface area contributed by atoms with Gasteiger partial charge in [-0.3, -0.25) is 4.98 Å². The van der Waals surface area contributed by atoms with Gasteiger partial charge in [0.15, 0.2) is 5.79 Å². The number of rotatable bonds is 2. The molecule has 0 amide bonds. The van der Waals surface area contributed by atoms with Crippen LogP contribution < -0.4 is 10.6 Å². The fourth-order valence-corrected chi connectivity index (χ4v) is 2.80. The lowest BCUT2D eigenvalue weighted by atomic mass is 10.0. The van der Waals surface area contributed by atoms with Crippen LogP contribution in [0.3, 0.4) is 0 Å². The lowest BCUT2D eigenvalue weighted by Gasteiger charge is -2.40. The topological polar surface area (TPSA) is 60.6 Å². The van der Waals surface area contributed by atoms with Crippen LogP contribution in [-0.4, -0.2) is 37.1 Å². The van der Waals surface area contributed by atoms with Crippen molar-refractivity contribution >= 4 is 5.69 Å². The zero-order valence-corrected chi connectivity index (χ0v) is 10.5. The number of piperidine rings is 1. The molecule has 2 fully saturated rings. The molecule has 98 valence electrons. The first kappa shape index (κ1) is 11.9. The van der Waals surface area contributed by atoms with E-state index >= 15 is 0 Å². The molecule has 2 aliphatic heterocycles. The summed E-state index contributed by atoms with van der Waals surface area (Å²) in [6, 6.07) is 1.98. The van der Waals surface area contributed by atoms with Gasteiger partial charge < -0.3 is 20.1 Å². The third-order valence-electron chi connectivity index (χ3n) is 3.68. The van der Waals surface area contributed by atoms with Crippen LogP contribution in [0.15, 0.2) is 18.5 Å². The molecule has 0 aliphatic carbocycles. The Bertz CT molecular complexity index is 418. The molecule has 5 heteroatoms. The molecule has 5 nitrogen and oxygen atoms in total. The Morgan fingerprint density at radius 3 is 3.00 bits per heavy atom. The van der Waals surface area contributed by atoms with E-state index in [0.29, 0.717) is 19.8 Å². The van der Waals surface area contributed by atoms with Crippen molar-refractivity contribution in [2.45, 2.75) is 25.2 Å². The first-order valence-corrected chi connectivity index (χ1v) is 6.49. The molecule has 3 rings (SSSR count). The molecule has 0 bridgehead atoms. The van der Waals surface area contributed by atoms with Gasteiger partial charge in [0.25, 0.3) is 0 Å². The largest absolute Gasteiger partial charge is 0.365 e. The number of nitrogens with two attached hydrogens (primary N) is 1. The Hall–Kier alpha value is -1.17. The molecule has 0 atom stereocenters. The smallest absolute Gasteiger partial charge is 0.186 e. The summed E-state index contributed by atoms with van der Waals surface area (Å²) < 4.78 is 11.6. The first-order chi connectivity index (χ1) is 8.83. The van der Waals surface area contributed by atoms with Gasteiger partial charge in [-0.2, -0.15) is 0 Å². The van der Waals surface area contributed by atoms with Crippen LogP contribution in [0.4, 0.5) is 5.69 Å². The Labute approximate surface area is 107 Å². The average molecular weight is 249 g/mol. The Balaban J connectivity index is 1.83. The Kier molecular flexibility index (Phi) is 3.20. The number of pyridine rings is 1. The van der Waals surface area contributed by atoms with Gasteiger partial charge in [0.1, 0.15) is 0 Å². The van der Waals surface area contributed by atoms with Crippen molar-refractivity contribution in [1.82, 2.24) is 4.98 Å². The van der Waals surface area contributed by atoms with E-state index in [9.17, 15) is 0 Å². The van der Waals surface area contributed by atoms with Crippen molar-refractivity contribution in [2.24, 2.45) is 5.73 Å². The summed E-state index contributed by atoms with van der Waals surface area (Å²) in [5, 5.41) is 0. The predicted molar refractivity (Wildman–Crippen MR) is 68.2 cm³/mol. The molecule has 2 aliphatic rings. The predicted octanol–water partition coefficient (Wildman–Crippen LogP) is 0.884. The average Bonchev–Trinajstić information content (AvgIpc) is 2.86. The van der Waals surface area contributed by atoms with Crippen molar-refractivity contribution < 1.29 is 9.47 Å². The Morgan fingerprint density at radius 1 is 1.39 bits per heavy atom. The summed E-state index contributed by atoms with van der Waals surface area (Å²) in [6.07, 6.45) is 5.71. The normalized spacial score (nSPS) is 22.6. The van der Waals surface area contributed by atoms with Crippen molar-refractivity contribution in [3.63, 3.8) is 0 Å². The molecule has 2 N–H and O–H groups in total. The molecule has 0 aromatic carbocycles. The molecule has 0 radical (unpaired) electrons. The molecule has 0 saturated carbocycles. The lowest BCUT2D eigenvalue weighted by Crippen LogP contribution is -2.49. The van der Waals surface area contributed by atoms with E-state index in [0.717, 1.165) is 37.2 Å². The molecule has 1 aromatic heterocycles. The molecule has 3 heterocycles. The molecular weight excluding hydrogens is 230 g/mol. The highest BCUT2D eigenvalue weighted by Crippen LogP contribution is 2.33. The lowest BCUT2D eigenvalue weighted by molar-refractivity contribution is -0.161. The summed E-state index contributed by atoms with van der Waals surface area (Å²) in [6.45, 7) is 3.71. The quantitative estimate of drug-likeness (QED) is 0.843. The van der Waals surface area contributed by atoms with E-state index in [4.69, 9.17) is 15.2 Å². The monoisotopic (exact) mass is 249 g/mol. The summed E-state index contributed by atoms with van der Waals surface area (Å²) in [4.78, 5) is 6.49. The van der Waals surface area contributed by atoms with Crippen molar-refractivity contribution in [3.05, 3.63) is 24.0 Å². The van der Waals surface area contributed by atoms with Crippen LogP contribution in [-0.2, 0) is 16.0 Å². The highest BCUT2D eigenvalue weighted by Gasteiger charge is 2.41. The SMILES string of the molecule is NCc1ccncc1N1CCCC2(C1)OCCO2. The zero-order valence-electron chi connectivity index (χ0n) is 10.5. The molecule has 2 saturated heterocycles. The highest BCUT2D eigenvalue weighted by atomic mass is 16.7. The van der Waals surface area contributed by atoms with Gasteiger partial charge in [-0.25, -0.2) is 0 Å². The highest BCUT2D eigenvalue weighted by molar-refractivity contribution is 5.52. The van der Waals surface area contributed by atoms with Crippen LogP contribution in [0, 0.1) is 0 Å². The second kappa shape index (κ2) is 4.84. The number of anilines is 1. The third-order valence-corrected chi connectivity index (χ3v) is 3.68. The molecule has 0 unspecified atom stereocenters. The number of aromatic nitrogens is 1. The Morgan fingerprint density at radius 2 is 2.22 bits per heavy atom. The van der Waals surface area contributed by atoms with Gasteiger partial charge in [0, 0.05) is 25.7 Å². The van der Waals surface area contributed by atoms with Gasteiger partial charge >= 0.3 is 0 Å². The van der Waals surface area contributed by atoms with Gasteiger partial charge in [-0.15, -0.1) is 0 Å². The zero-order chi connectivity index (χ0) is 12.4. The van der Waals surface area contributed by atoms with Crippen LogP contribution in [0.1, 0.15) is 18.4 Å². The van der Waals surface area contributed by atoms with Gasteiger partial charge in [-0.1, -0.05) is 0 Å². The van der Waals surface area contributed by atoms with Crippen LogP contribution >= 0.6 is 0 Å². The maximum absolute atomic E-state index is 5.79. The van der Waals surface area contributed by atoms with E-state index in [-0.39, 0.29) is 0 Å². The van der Waals surface area contributed by atoms with Crippen LogP contribution in [0.5, 0.6) is 0 Å². The minimum absolute atomic E-state index is 0.403. The number of nitrogens with zero attached hydrogens (tertiary/aromatic N) is 2. The van der Waals surface area contributed by atoms with Crippen LogP contribution in [0.2, 0.25) is 0 Å². The van der Waals surface area contributed by atoms with Gasteiger partial charge in [-0.05, 0) is 18.1 Å². The second-order valence-electron chi connectivity index (χ2n) is 4.84. The molecule has 1 aromatic rings. The number of hydrogen-bond donors (Lipinski definition) is 1. The van der Waals surface area contributed by atoms with E-state index in [1.54, 1.807) is 6.20 Å². The number of ether oxygens (including phenoxy) is 2. The van der Waals surface area contributed by atoms with E-state index in [1.807, 2.05) is 12.3 Å². The minimum atomic E-state index is -0.403. The fraction of sp³-hybridized carbons (Fsp3) is 0.615. The minimum Gasteiger partial charge on any atom is -0.365 e.